The molecule has 0 spiro atoms. The molecule has 2 rings (SSSR count). The lowest BCUT2D eigenvalue weighted by molar-refractivity contribution is 0.201. The van der Waals surface area contributed by atoms with Crippen molar-refractivity contribution in [3.05, 3.63) is 40.5 Å². The topological polar surface area (TPSA) is 38.1 Å². The molecule has 7 heteroatoms. The van der Waals surface area contributed by atoms with Crippen molar-refractivity contribution < 1.29 is 4.79 Å². The molecule has 21 heavy (non-hydrogen) atoms. The Hall–Kier alpha value is -1.17. The fraction of sp³-hybridized carbons (Fsp3) is 0.286. The van der Waals surface area contributed by atoms with Crippen molar-refractivity contribution in [3.8, 4) is 0 Å². The summed E-state index contributed by atoms with van der Waals surface area (Å²) in [5.74, 6) is 0. The smallest absolute Gasteiger partial charge is 0.323 e. The molecule has 0 fully saturated rings. The summed E-state index contributed by atoms with van der Waals surface area (Å²) in [6.45, 7) is 5.17. The standard InChI is InChI=1S/C14H15Cl2N3OS/c1-3-18(4-2)14(20)19-8-7-13(17-19)21-12-9-10(15)5-6-11(12)16/h5-9H,3-4H2,1-2H3. The number of rotatable bonds is 4. The Kier molecular flexibility index (Phi) is 5.56. The van der Waals surface area contributed by atoms with E-state index >= 15 is 0 Å². The highest BCUT2D eigenvalue weighted by molar-refractivity contribution is 7.99. The van der Waals surface area contributed by atoms with Crippen molar-refractivity contribution in [1.82, 2.24) is 14.7 Å². The summed E-state index contributed by atoms with van der Waals surface area (Å²) in [4.78, 5) is 14.7. The highest BCUT2D eigenvalue weighted by Crippen LogP contribution is 2.34. The summed E-state index contributed by atoms with van der Waals surface area (Å²) in [5, 5.41) is 6.19. The fourth-order valence-corrected chi connectivity index (χ4v) is 3.08. The van der Waals surface area contributed by atoms with Crippen LogP contribution < -0.4 is 0 Å². The first-order valence-corrected chi connectivity index (χ1v) is 8.10. The van der Waals surface area contributed by atoms with E-state index in [1.165, 1.54) is 16.4 Å². The molecule has 1 amide bonds. The third-order valence-corrected chi connectivity index (χ3v) is 4.56. The molecule has 0 bridgehead atoms. The molecule has 0 aliphatic rings. The third kappa shape index (κ3) is 3.93. The van der Waals surface area contributed by atoms with Crippen LogP contribution in [0.5, 0.6) is 0 Å². The lowest BCUT2D eigenvalue weighted by Gasteiger charge is -2.17. The summed E-state index contributed by atoms with van der Waals surface area (Å²) in [6, 6.07) is 6.90. The molecule has 0 atom stereocenters. The van der Waals surface area contributed by atoms with E-state index in [9.17, 15) is 4.79 Å². The Bertz CT molecular complexity index is 641. The van der Waals surface area contributed by atoms with Gasteiger partial charge in [-0.05, 0) is 38.1 Å². The third-order valence-electron chi connectivity index (χ3n) is 2.90. The molecule has 4 nitrogen and oxygen atoms in total. The van der Waals surface area contributed by atoms with E-state index in [0.717, 1.165) is 4.90 Å². The highest BCUT2D eigenvalue weighted by Gasteiger charge is 2.14. The maximum Gasteiger partial charge on any atom is 0.344 e. The van der Waals surface area contributed by atoms with E-state index in [0.29, 0.717) is 28.2 Å². The Labute approximate surface area is 138 Å². The molecule has 1 heterocycles. The van der Waals surface area contributed by atoms with E-state index in [2.05, 4.69) is 5.10 Å². The summed E-state index contributed by atoms with van der Waals surface area (Å²) >= 11 is 13.5. The van der Waals surface area contributed by atoms with Crippen molar-refractivity contribution >= 4 is 41.0 Å². The Morgan fingerprint density at radius 3 is 2.67 bits per heavy atom. The molecule has 1 aromatic carbocycles. The minimum absolute atomic E-state index is 0.135. The van der Waals surface area contributed by atoms with Gasteiger partial charge >= 0.3 is 6.03 Å². The van der Waals surface area contributed by atoms with Crippen molar-refractivity contribution in [3.63, 3.8) is 0 Å². The van der Waals surface area contributed by atoms with Crippen LogP contribution in [0, 0.1) is 0 Å². The average Bonchev–Trinajstić information content (AvgIpc) is 2.92. The van der Waals surface area contributed by atoms with Gasteiger partial charge in [-0.3, -0.25) is 0 Å². The van der Waals surface area contributed by atoms with Gasteiger partial charge in [-0.2, -0.15) is 9.78 Å². The second-order valence-electron chi connectivity index (χ2n) is 4.23. The minimum atomic E-state index is -0.135. The zero-order valence-corrected chi connectivity index (χ0v) is 14.0. The van der Waals surface area contributed by atoms with Crippen LogP contribution in [-0.2, 0) is 0 Å². The van der Waals surface area contributed by atoms with E-state index in [1.54, 1.807) is 35.4 Å². The summed E-state index contributed by atoms with van der Waals surface area (Å²) in [5.41, 5.74) is 0. The van der Waals surface area contributed by atoms with Crippen LogP contribution in [-0.4, -0.2) is 33.8 Å². The van der Waals surface area contributed by atoms with E-state index in [-0.39, 0.29) is 6.03 Å². The number of amides is 1. The molecular formula is C14H15Cl2N3OS. The first-order chi connectivity index (χ1) is 10.0. The van der Waals surface area contributed by atoms with E-state index < -0.39 is 0 Å². The lowest BCUT2D eigenvalue weighted by atomic mass is 10.4. The van der Waals surface area contributed by atoms with Gasteiger partial charge in [-0.1, -0.05) is 35.0 Å². The number of aromatic nitrogens is 2. The molecule has 0 aliphatic carbocycles. The SMILES string of the molecule is CCN(CC)C(=O)n1ccc(Sc2cc(Cl)ccc2Cl)n1. The molecule has 0 radical (unpaired) electrons. The summed E-state index contributed by atoms with van der Waals surface area (Å²) in [7, 11) is 0. The molecule has 0 saturated heterocycles. The Morgan fingerprint density at radius 2 is 2.00 bits per heavy atom. The van der Waals surface area contributed by atoms with Crippen molar-refractivity contribution in [2.75, 3.05) is 13.1 Å². The second-order valence-corrected chi connectivity index (χ2v) is 6.14. The van der Waals surface area contributed by atoms with Crippen LogP contribution in [0.25, 0.3) is 0 Å². The maximum absolute atomic E-state index is 12.2. The van der Waals surface area contributed by atoms with Crippen LogP contribution in [0.1, 0.15) is 13.8 Å². The zero-order chi connectivity index (χ0) is 15.4. The minimum Gasteiger partial charge on any atom is -0.323 e. The van der Waals surface area contributed by atoms with E-state index in [1.807, 2.05) is 13.8 Å². The van der Waals surface area contributed by atoms with Gasteiger partial charge in [0.1, 0.15) is 5.03 Å². The number of benzene rings is 1. The van der Waals surface area contributed by atoms with Gasteiger partial charge in [0.15, 0.2) is 0 Å². The predicted octanol–water partition coefficient (Wildman–Crippen LogP) is 4.65. The highest BCUT2D eigenvalue weighted by atomic mass is 35.5. The largest absolute Gasteiger partial charge is 0.344 e. The predicted molar refractivity (Wildman–Crippen MR) is 86.5 cm³/mol. The Morgan fingerprint density at radius 1 is 1.29 bits per heavy atom. The van der Waals surface area contributed by atoms with Gasteiger partial charge in [-0.15, -0.1) is 0 Å². The normalized spacial score (nSPS) is 10.7. The number of nitrogens with zero attached hydrogens (tertiary/aromatic N) is 3. The van der Waals surface area contributed by atoms with Gasteiger partial charge in [0, 0.05) is 29.2 Å². The number of halogens is 2. The van der Waals surface area contributed by atoms with Crippen LogP contribution in [0.15, 0.2) is 40.4 Å². The number of hydrogen-bond donors (Lipinski definition) is 0. The van der Waals surface area contributed by atoms with Crippen molar-refractivity contribution in [1.29, 1.82) is 0 Å². The Balaban J connectivity index is 2.17. The molecular weight excluding hydrogens is 329 g/mol. The van der Waals surface area contributed by atoms with E-state index in [4.69, 9.17) is 23.2 Å². The monoisotopic (exact) mass is 343 g/mol. The van der Waals surface area contributed by atoms with Gasteiger partial charge < -0.3 is 4.90 Å². The molecule has 0 saturated carbocycles. The molecule has 0 unspecified atom stereocenters. The molecule has 0 aliphatic heterocycles. The van der Waals surface area contributed by atoms with Crippen LogP contribution in [0.3, 0.4) is 0 Å². The number of carbonyl (C=O) groups excluding carboxylic acids is 1. The molecule has 112 valence electrons. The van der Waals surface area contributed by atoms with Gasteiger partial charge in [0.2, 0.25) is 0 Å². The van der Waals surface area contributed by atoms with Gasteiger partial charge in [-0.25, -0.2) is 4.79 Å². The van der Waals surface area contributed by atoms with Gasteiger partial charge in [0.05, 0.1) is 5.02 Å². The zero-order valence-electron chi connectivity index (χ0n) is 11.7. The van der Waals surface area contributed by atoms with Crippen LogP contribution >= 0.6 is 35.0 Å². The lowest BCUT2D eigenvalue weighted by Crippen LogP contribution is -2.34. The first kappa shape index (κ1) is 16.2. The maximum atomic E-state index is 12.2. The van der Waals surface area contributed by atoms with Crippen LogP contribution in [0.4, 0.5) is 4.79 Å². The number of hydrogen-bond acceptors (Lipinski definition) is 3. The quantitative estimate of drug-likeness (QED) is 0.810. The van der Waals surface area contributed by atoms with Crippen molar-refractivity contribution in [2.45, 2.75) is 23.8 Å². The molecule has 2 aromatic rings. The second kappa shape index (κ2) is 7.20. The van der Waals surface area contributed by atoms with Gasteiger partial charge in [0.25, 0.3) is 0 Å². The summed E-state index contributed by atoms with van der Waals surface area (Å²) in [6.07, 6.45) is 1.65. The average molecular weight is 344 g/mol. The number of carbonyl (C=O) groups is 1. The first-order valence-electron chi connectivity index (χ1n) is 6.53. The van der Waals surface area contributed by atoms with Crippen LogP contribution in [0.2, 0.25) is 10.0 Å². The summed E-state index contributed by atoms with van der Waals surface area (Å²) < 4.78 is 1.34. The fourth-order valence-electron chi connectivity index (χ4n) is 1.78. The van der Waals surface area contributed by atoms with Crippen molar-refractivity contribution in [2.24, 2.45) is 0 Å². The molecule has 1 aromatic heterocycles. The molecule has 0 N–H and O–H groups in total.